The Kier molecular flexibility index (Phi) is 8.61. The minimum Gasteiger partial charge on any atom is -0.493 e. The number of nitrogens with zero attached hydrogens (tertiary/aromatic N) is 1. The molecule has 0 heterocycles. The van der Waals surface area contributed by atoms with Gasteiger partial charge in [0.05, 0.1) is 38.2 Å². The van der Waals surface area contributed by atoms with E-state index in [2.05, 4.69) is 10.5 Å². The number of benzene rings is 2. The SMILES string of the molecule is CCOc1cc(C(=O)N/N=C/c2cc(Cl)c(OCC)c(OCC)c2)ccc1OC. The Balaban J connectivity index is 2.15. The molecule has 0 radical (unpaired) electrons. The quantitative estimate of drug-likeness (QED) is 0.457. The number of rotatable bonds is 10. The molecule has 0 spiro atoms. The van der Waals surface area contributed by atoms with Gasteiger partial charge in [-0.25, -0.2) is 5.43 Å². The van der Waals surface area contributed by atoms with Crippen LogP contribution in [0.25, 0.3) is 0 Å². The molecule has 2 rings (SSSR count). The van der Waals surface area contributed by atoms with Crippen LogP contribution in [0, 0.1) is 0 Å². The van der Waals surface area contributed by atoms with Crippen molar-refractivity contribution in [2.45, 2.75) is 20.8 Å². The second-order valence-corrected chi connectivity index (χ2v) is 6.10. The number of hydrogen-bond acceptors (Lipinski definition) is 6. The zero-order valence-corrected chi connectivity index (χ0v) is 17.7. The number of halogens is 1. The molecule has 8 heteroatoms. The van der Waals surface area contributed by atoms with Crippen molar-refractivity contribution >= 4 is 23.7 Å². The van der Waals surface area contributed by atoms with E-state index >= 15 is 0 Å². The predicted molar refractivity (Wildman–Crippen MR) is 113 cm³/mol. The number of ether oxygens (including phenoxy) is 4. The summed E-state index contributed by atoms with van der Waals surface area (Å²) in [6.07, 6.45) is 1.48. The third kappa shape index (κ3) is 6.02. The molecule has 0 aliphatic carbocycles. The number of methoxy groups -OCH3 is 1. The molecule has 0 unspecified atom stereocenters. The van der Waals surface area contributed by atoms with Crippen molar-refractivity contribution in [3.63, 3.8) is 0 Å². The largest absolute Gasteiger partial charge is 0.493 e. The smallest absolute Gasteiger partial charge is 0.271 e. The molecule has 0 aliphatic rings. The number of nitrogens with one attached hydrogen (secondary N) is 1. The van der Waals surface area contributed by atoms with Crippen molar-refractivity contribution in [1.29, 1.82) is 0 Å². The van der Waals surface area contributed by atoms with E-state index in [9.17, 15) is 4.79 Å². The molecule has 0 atom stereocenters. The lowest BCUT2D eigenvalue weighted by Crippen LogP contribution is -2.17. The van der Waals surface area contributed by atoms with Crippen LogP contribution in [-0.2, 0) is 0 Å². The van der Waals surface area contributed by atoms with E-state index in [-0.39, 0.29) is 5.91 Å². The summed E-state index contributed by atoms with van der Waals surface area (Å²) in [5, 5.41) is 4.41. The fourth-order valence-electron chi connectivity index (χ4n) is 2.53. The molecule has 7 nitrogen and oxygen atoms in total. The highest BCUT2D eigenvalue weighted by Gasteiger charge is 2.13. The molecule has 0 bridgehead atoms. The summed E-state index contributed by atoms with van der Waals surface area (Å²) in [7, 11) is 1.54. The van der Waals surface area contributed by atoms with Crippen molar-refractivity contribution in [1.82, 2.24) is 5.43 Å². The van der Waals surface area contributed by atoms with E-state index in [4.69, 9.17) is 30.5 Å². The maximum atomic E-state index is 12.4. The summed E-state index contributed by atoms with van der Waals surface area (Å²) in [5.41, 5.74) is 3.54. The third-order valence-corrected chi connectivity index (χ3v) is 4.01. The highest BCUT2D eigenvalue weighted by atomic mass is 35.5. The first-order valence-electron chi connectivity index (χ1n) is 9.27. The molecule has 0 saturated heterocycles. The monoisotopic (exact) mass is 420 g/mol. The molecule has 156 valence electrons. The molecule has 0 aromatic heterocycles. The van der Waals surface area contributed by atoms with Gasteiger partial charge in [-0.2, -0.15) is 5.10 Å². The Hall–Kier alpha value is -2.93. The molecule has 2 aromatic rings. The second kappa shape index (κ2) is 11.2. The van der Waals surface area contributed by atoms with Crippen molar-refractivity contribution in [2.24, 2.45) is 5.10 Å². The van der Waals surface area contributed by atoms with Gasteiger partial charge in [0.1, 0.15) is 0 Å². The Bertz CT molecular complexity index is 870. The van der Waals surface area contributed by atoms with Gasteiger partial charge >= 0.3 is 0 Å². The fourth-order valence-corrected chi connectivity index (χ4v) is 2.80. The van der Waals surface area contributed by atoms with Gasteiger partial charge in [-0.15, -0.1) is 0 Å². The lowest BCUT2D eigenvalue weighted by Gasteiger charge is -2.13. The van der Waals surface area contributed by atoms with Gasteiger partial charge in [0.15, 0.2) is 23.0 Å². The van der Waals surface area contributed by atoms with Crippen LogP contribution in [0.3, 0.4) is 0 Å². The van der Waals surface area contributed by atoms with Crippen molar-refractivity contribution in [3.8, 4) is 23.0 Å². The number of hydrazone groups is 1. The van der Waals surface area contributed by atoms with Crippen LogP contribution in [0.15, 0.2) is 35.4 Å². The number of carbonyl (C=O) groups is 1. The molecular weight excluding hydrogens is 396 g/mol. The van der Waals surface area contributed by atoms with E-state index in [1.54, 1.807) is 37.4 Å². The summed E-state index contributed by atoms with van der Waals surface area (Å²) in [4.78, 5) is 12.4. The van der Waals surface area contributed by atoms with Gasteiger partial charge in [-0.3, -0.25) is 4.79 Å². The van der Waals surface area contributed by atoms with Gasteiger partial charge in [-0.05, 0) is 56.7 Å². The van der Waals surface area contributed by atoms with E-state index in [0.717, 1.165) is 0 Å². The van der Waals surface area contributed by atoms with Crippen LogP contribution < -0.4 is 24.4 Å². The average molecular weight is 421 g/mol. The lowest BCUT2D eigenvalue weighted by molar-refractivity contribution is 0.0954. The van der Waals surface area contributed by atoms with Gasteiger partial charge in [0.25, 0.3) is 5.91 Å². The number of amides is 1. The van der Waals surface area contributed by atoms with E-state index in [1.165, 1.54) is 6.21 Å². The minimum absolute atomic E-state index is 0.382. The highest BCUT2D eigenvalue weighted by Crippen LogP contribution is 2.36. The molecule has 0 aliphatic heterocycles. The first-order chi connectivity index (χ1) is 14.0. The van der Waals surface area contributed by atoms with Gasteiger partial charge < -0.3 is 18.9 Å². The van der Waals surface area contributed by atoms with Gasteiger partial charge in [0, 0.05) is 5.56 Å². The van der Waals surface area contributed by atoms with Crippen LogP contribution >= 0.6 is 11.6 Å². The van der Waals surface area contributed by atoms with E-state index in [0.29, 0.717) is 59.0 Å². The highest BCUT2D eigenvalue weighted by molar-refractivity contribution is 6.32. The normalized spacial score (nSPS) is 10.7. The van der Waals surface area contributed by atoms with Crippen molar-refractivity contribution in [2.75, 3.05) is 26.9 Å². The molecule has 1 N–H and O–H groups in total. The second-order valence-electron chi connectivity index (χ2n) is 5.69. The van der Waals surface area contributed by atoms with Gasteiger partial charge in [0.2, 0.25) is 0 Å². The standard InChI is InChI=1S/C21H25ClN2O5/c1-5-27-18-12-15(8-9-17(18)26-4)21(25)24-23-13-14-10-16(22)20(29-7-3)19(11-14)28-6-2/h8-13H,5-7H2,1-4H3,(H,24,25)/b23-13+. The topological polar surface area (TPSA) is 78.4 Å². The number of carbonyl (C=O) groups excluding carboxylic acids is 1. The summed E-state index contributed by atoms with van der Waals surface area (Å²) < 4.78 is 21.8. The van der Waals surface area contributed by atoms with Crippen molar-refractivity contribution < 1.29 is 23.7 Å². The summed E-state index contributed by atoms with van der Waals surface area (Å²) in [6, 6.07) is 8.34. The zero-order chi connectivity index (χ0) is 21.2. The maximum Gasteiger partial charge on any atom is 0.271 e. The zero-order valence-electron chi connectivity index (χ0n) is 17.0. The predicted octanol–water partition coefficient (Wildman–Crippen LogP) is 4.31. The minimum atomic E-state index is -0.382. The van der Waals surface area contributed by atoms with Crippen LogP contribution in [0.5, 0.6) is 23.0 Å². The lowest BCUT2D eigenvalue weighted by atomic mass is 10.2. The summed E-state index contributed by atoms with van der Waals surface area (Å²) in [6.45, 7) is 6.99. The van der Waals surface area contributed by atoms with Crippen molar-refractivity contribution in [3.05, 3.63) is 46.5 Å². The Morgan fingerprint density at radius 2 is 1.69 bits per heavy atom. The molecular formula is C21H25ClN2O5. The molecule has 0 fully saturated rings. The van der Waals surface area contributed by atoms with Crippen LogP contribution in [-0.4, -0.2) is 39.1 Å². The third-order valence-electron chi connectivity index (χ3n) is 3.73. The molecule has 29 heavy (non-hydrogen) atoms. The van der Waals surface area contributed by atoms with E-state index < -0.39 is 0 Å². The first-order valence-corrected chi connectivity index (χ1v) is 9.65. The Morgan fingerprint density at radius 3 is 2.34 bits per heavy atom. The fraction of sp³-hybridized carbons (Fsp3) is 0.333. The summed E-state index contributed by atoms with van der Waals surface area (Å²) in [5.74, 6) is 1.67. The van der Waals surface area contributed by atoms with Crippen LogP contribution in [0.4, 0.5) is 0 Å². The summed E-state index contributed by atoms with van der Waals surface area (Å²) >= 11 is 6.28. The maximum absolute atomic E-state index is 12.4. The van der Waals surface area contributed by atoms with E-state index in [1.807, 2.05) is 20.8 Å². The molecule has 0 saturated carbocycles. The average Bonchev–Trinajstić information content (AvgIpc) is 2.71. The molecule has 1 amide bonds. The Labute approximate surface area is 175 Å². The molecule has 2 aromatic carbocycles. The first kappa shape index (κ1) is 22.4. The van der Waals surface area contributed by atoms with Crippen LogP contribution in [0.1, 0.15) is 36.7 Å². The number of hydrogen-bond donors (Lipinski definition) is 1. The van der Waals surface area contributed by atoms with Crippen LogP contribution in [0.2, 0.25) is 5.02 Å². The Morgan fingerprint density at radius 1 is 1.00 bits per heavy atom. The van der Waals surface area contributed by atoms with Gasteiger partial charge in [-0.1, -0.05) is 11.6 Å².